The summed E-state index contributed by atoms with van der Waals surface area (Å²) < 4.78 is 6.88. The molecule has 1 aromatic carbocycles. The van der Waals surface area contributed by atoms with Gasteiger partial charge in [0.1, 0.15) is 0 Å². The van der Waals surface area contributed by atoms with Gasteiger partial charge >= 0.3 is 0 Å². The van der Waals surface area contributed by atoms with E-state index in [-0.39, 0.29) is 12.6 Å². The Balaban J connectivity index is 1.99. The van der Waals surface area contributed by atoms with E-state index < -0.39 is 0 Å². The lowest BCUT2D eigenvalue weighted by atomic mass is 10.1. The van der Waals surface area contributed by atoms with Crippen LogP contribution in [0.15, 0.2) is 36.7 Å². The number of methoxy groups -OCH3 is 1. The minimum absolute atomic E-state index is 0.0650. The van der Waals surface area contributed by atoms with E-state index in [0.29, 0.717) is 6.61 Å². The lowest BCUT2D eigenvalue weighted by Gasteiger charge is -2.14. The van der Waals surface area contributed by atoms with Gasteiger partial charge in [0.15, 0.2) is 0 Å². The van der Waals surface area contributed by atoms with Crippen molar-refractivity contribution in [3.8, 4) is 0 Å². The molecule has 0 saturated heterocycles. The van der Waals surface area contributed by atoms with Crippen molar-refractivity contribution in [3.63, 3.8) is 0 Å². The molecule has 0 fully saturated rings. The highest BCUT2D eigenvalue weighted by atomic mass is 16.5. The molecule has 5 nitrogen and oxygen atoms in total. The lowest BCUT2D eigenvalue weighted by molar-refractivity contribution is 0.183. The van der Waals surface area contributed by atoms with Gasteiger partial charge in [-0.3, -0.25) is 4.68 Å². The Labute approximate surface area is 119 Å². The quantitative estimate of drug-likeness (QED) is 0.813. The Morgan fingerprint density at radius 3 is 3.05 bits per heavy atom. The molecule has 20 heavy (non-hydrogen) atoms. The zero-order valence-electron chi connectivity index (χ0n) is 11.9. The Morgan fingerprint density at radius 1 is 1.45 bits per heavy atom. The second kappa shape index (κ2) is 7.07. The smallest absolute Gasteiger partial charge is 0.0731 e. The average molecular weight is 275 g/mol. The Bertz CT molecular complexity index is 539. The summed E-state index contributed by atoms with van der Waals surface area (Å²) in [7, 11) is 1.68. The van der Waals surface area contributed by atoms with Crippen molar-refractivity contribution < 1.29 is 9.84 Å². The minimum atomic E-state index is 0.0650. The van der Waals surface area contributed by atoms with Crippen molar-refractivity contribution in [1.82, 2.24) is 9.78 Å². The van der Waals surface area contributed by atoms with Crippen molar-refractivity contribution in [2.75, 3.05) is 19.0 Å². The molecule has 0 spiro atoms. The number of nitrogens with one attached hydrogen (secondary N) is 1. The first kappa shape index (κ1) is 14.6. The van der Waals surface area contributed by atoms with E-state index in [0.717, 1.165) is 23.4 Å². The Morgan fingerprint density at radius 2 is 2.30 bits per heavy atom. The monoisotopic (exact) mass is 275 g/mol. The van der Waals surface area contributed by atoms with Crippen molar-refractivity contribution in [2.45, 2.75) is 26.1 Å². The molecule has 0 amide bonds. The second-order valence-corrected chi connectivity index (χ2v) is 4.75. The standard InChI is InChI=1S/C15H21N3O2/c1-12(14-5-3-4-13(8-14)11-19)17-15-9-16-18(10-15)6-7-20-2/h3-5,8-10,12,17,19H,6-7,11H2,1-2H3. The summed E-state index contributed by atoms with van der Waals surface area (Å²) in [4.78, 5) is 0. The number of nitrogens with zero attached hydrogens (tertiary/aromatic N) is 2. The van der Waals surface area contributed by atoms with Crippen molar-refractivity contribution in [3.05, 3.63) is 47.8 Å². The maximum atomic E-state index is 9.17. The SMILES string of the molecule is COCCn1cc(NC(C)c2cccc(CO)c2)cn1. The molecular formula is C15H21N3O2. The van der Waals surface area contributed by atoms with Gasteiger partial charge in [0.05, 0.1) is 31.6 Å². The highest BCUT2D eigenvalue weighted by molar-refractivity contribution is 5.42. The van der Waals surface area contributed by atoms with Gasteiger partial charge in [0.2, 0.25) is 0 Å². The molecule has 1 atom stereocenters. The molecule has 2 rings (SSSR count). The highest BCUT2D eigenvalue weighted by Crippen LogP contribution is 2.19. The van der Waals surface area contributed by atoms with Crippen molar-refractivity contribution in [1.29, 1.82) is 0 Å². The third-order valence-electron chi connectivity index (χ3n) is 3.17. The van der Waals surface area contributed by atoms with Crippen LogP contribution in [0.2, 0.25) is 0 Å². The van der Waals surface area contributed by atoms with E-state index in [4.69, 9.17) is 4.74 Å². The highest BCUT2D eigenvalue weighted by Gasteiger charge is 2.07. The van der Waals surface area contributed by atoms with Gasteiger partial charge < -0.3 is 15.2 Å². The topological polar surface area (TPSA) is 59.3 Å². The third kappa shape index (κ3) is 3.82. The molecule has 0 aliphatic rings. The van der Waals surface area contributed by atoms with E-state index >= 15 is 0 Å². The predicted molar refractivity (Wildman–Crippen MR) is 78.5 cm³/mol. The molecule has 0 aliphatic heterocycles. The van der Waals surface area contributed by atoms with Crippen LogP contribution < -0.4 is 5.32 Å². The number of rotatable bonds is 7. The summed E-state index contributed by atoms with van der Waals surface area (Å²) in [6.45, 7) is 3.54. The largest absolute Gasteiger partial charge is 0.392 e. The van der Waals surface area contributed by atoms with Crippen molar-refractivity contribution in [2.24, 2.45) is 0 Å². The van der Waals surface area contributed by atoms with Gasteiger partial charge in [-0.05, 0) is 18.1 Å². The first-order valence-electron chi connectivity index (χ1n) is 6.70. The first-order valence-corrected chi connectivity index (χ1v) is 6.70. The van der Waals surface area contributed by atoms with E-state index in [2.05, 4.69) is 17.3 Å². The van der Waals surface area contributed by atoms with E-state index in [1.54, 1.807) is 7.11 Å². The average Bonchev–Trinajstić information content (AvgIpc) is 2.92. The number of aromatic nitrogens is 2. The van der Waals surface area contributed by atoms with Gasteiger partial charge in [-0.25, -0.2) is 0 Å². The summed E-state index contributed by atoms with van der Waals surface area (Å²) in [6, 6.07) is 8.08. The number of anilines is 1. The zero-order chi connectivity index (χ0) is 14.4. The number of ether oxygens (including phenoxy) is 1. The maximum absolute atomic E-state index is 9.17. The second-order valence-electron chi connectivity index (χ2n) is 4.75. The minimum Gasteiger partial charge on any atom is -0.392 e. The van der Waals surface area contributed by atoms with E-state index in [1.807, 2.05) is 41.3 Å². The molecule has 1 unspecified atom stereocenters. The van der Waals surface area contributed by atoms with Crippen LogP contribution in [0.1, 0.15) is 24.1 Å². The first-order chi connectivity index (χ1) is 9.72. The number of aliphatic hydroxyl groups is 1. The van der Waals surface area contributed by atoms with Crippen LogP contribution in [-0.2, 0) is 17.9 Å². The molecular weight excluding hydrogens is 254 g/mol. The molecule has 1 aromatic heterocycles. The van der Waals surface area contributed by atoms with Crippen LogP contribution >= 0.6 is 0 Å². The third-order valence-corrected chi connectivity index (χ3v) is 3.17. The van der Waals surface area contributed by atoms with Crippen molar-refractivity contribution >= 4 is 5.69 Å². The zero-order valence-corrected chi connectivity index (χ0v) is 11.9. The van der Waals surface area contributed by atoms with Crippen LogP contribution in [-0.4, -0.2) is 28.6 Å². The molecule has 0 aliphatic carbocycles. The molecule has 2 N–H and O–H groups in total. The summed E-state index contributed by atoms with van der Waals surface area (Å²) >= 11 is 0. The van der Waals surface area contributed by atoms with Crippen LogP contribution in [0.3, 0.4) is 0 Å². The van der Waals surface area contributed by atoms with Gasteiger partial charge in [-0.15, -0.1) is 0 Å². The van der Waals surface area contributed by atoms with Gasteiger partial charge in [-0.1, -0.05) is 24.3 Å². The fourth-order valence-corrected chi connectivity index (χ4v) is 2.04. The molecule has 0 saturated carbocycles. The number of hydrogen-bond donors (Lipinski definition) is 2. The lowest BCUT2D eigenvalue weighted by Crippen LogP contribution is -2.07. The van der Waals surface area contributed by atoms with Gasteiger partial charge in [-0.2, -0.15) is 5.10 Å². The molecule has 108 valence electrons. The number of hydrogen-bond acceptors (Lipinski definition) is 4. The van der Waals surface area contributed by atoms with Crippen LogP contribution in [0.25, 0.3) is 0 Å². The number of benzene rings is 1. The Hall–Kier alpha value is -1.85. The number of aliphatic hydroxyl groups excluding tert-OH is 1. The van der Waals surface area contributed by atoms with E-state index in [1.165, 1.54) is 0 Å². The molecule has 5 heteroatoms. The maximum Gasteiger partial charge on any atom is 0.0731 e. The van der Waals surface area contributed by atoms with Crippen LogP contribution in [0.4, 0.5) is 5.69 Å². The van der Waals surface area contributed by atoms with Gasteiger partial charge in [0, 0.05) is 19.3 Å². The van der Waals surface area contributed by atoms with Gasteiger partial charge in [0.25, 0.3) is 0 Å². The molecule has 0 bridgehead atoms. The van der Waals surface area contributed by atoms with Crippen LogP contribution in [0.5, 0.6) is 0 Å². The molecule has 2 aromatic rings. The molecule has 1 heterocycles. The normalized spacial score (nSPS) is 12.3. The Kier molecular flexibility index (Phi) is 5.15. The summed E-state index contributed by atoms with van der Waals surface area (Å²) in [5.74, 6) is 0. The van der Waals surface area contributed by atoms with E-state index in [9.17, 15) is 5.11 Å². The fraction of sp³-hybridized carbons (Fsp3) is 0.400. The predicted octanol–water partition coefficient (Wildman–Crippen LogP) is 2.19. The molecule has 0 radical (unpaired) electrons. The summed E-state index contributed by atoms with van der Waals surface area (Å²) in [6.07, 6.45) is 3.77. The summed E-state index contributed by atoms with van der Waals surface area (Å²) in [5.41, 5.74) is 3.04. The summed E-state index contributed by atoms with van der Waals surface area (Å²) in [5, 5.41) is 16.8. The fourth-order valence-electron chi connectivity index (χ4n) is 2.04. The van der Waals surface area contributed by atoms with Crippen LogP contribution in [0, 0.1) is 0 Å².